The van der Waals surface area contributed by atoms with E-state index in [1.165, 1.54) is 24.7 Å². The van der Waals surface area contributed by atoms with Gasteiger partial charge in [-0.25, -0.2) is 8.42 Å². The summed E-state index contributed by atoms with van der Waals surface area (Å²) in [5.41, 5.74) is 0.236. The van der Waals surface area contributed by atoms with Crippen LogP contribution in [0.4, 0.5) is 0 Å². The van der Waals surface area contributed by atoms with Crippen LogP contribution >= 0.6 is 0 Å². The maximum Gasteiger partial charge on any atom is 0.260 e. The summed E-state index contributed by atoms with van der Waals surface area (Å²) in [6.07, 6.45) is 1.29. The van der Waals surface area contributed by atoms with Crippen molar-refractivity contribution in [2.45, 2.75) is 11.6 Å². The van der Waals surface area contributed by atoms with Gasteiger partial charge in [-0.2, -0.15) is 9.40 Å². The molecule has 0 bridgehead atoms. The monoisotopic (exact) mass is 293 g/mol. The van der Waals surface area contributed by atoms with Gasteiger partial charge < -0.3 is 14.6 Å². The minimum atomic E-state index is -3.75. The highest BCUT2D eigenvalue weighted by molar-refractivity contribution is 7.89. The van der Waals surface area contributed by atoms with Crippen LogP contribution in [-0.2, 0) is 26.1 Å². The predicted molar refractivity (Wildman–Crippen MR) is 67.0 cm³/mol. The molecule has 1 rings (SSSR count). The Morgan fingerprint density at radius 3 is 2.37 bits per heavy atom. The Bertz CT molecular complexity index is 465. The smallest absolute Gasteiger partial charge is 0.260 e. The highest BCUT2D eigenvalue weighted by atomic mass is 32.2. The number of ether oxygens (including phenoxy) is 2. The normalized spacial score (nSPS) is 12.2. The summed E-state index contributed by atoms with van der Waals surface area (Å²) < 4.78 is 35.9. The molecule has 0 saturated carbocycles. The van der Waals surface area contributed by atoms with E-state index >= 15 is 0 Å². The zero-order valence-corrected chi connectivity index (χ0v) is 11.8. The first-order valence-corrected chi connectivity index (χ1v) is 7.13. The Balaban J connectivity index is 2.97. The summed E-state index contributed by atoms with van der Waals surface area (Å²) in [6.45, 7) is 0.544. The molecular weight excluding hydrogens is 274 g/mol. The van der Waals surface area contributed by atoms with E-state index in [-0.39, 0.29) is 36.9 Å². The standard InChI is InChI=1S/C10H19N3O5S/c1-17-5-3-13(4-6-18-2)19(15,16)10-9(8-14)7-11-12-10/h7,14H,3-6,8H2,1-2H3,(H,11,12). The first-order valence-electron chi connectivity index (χ1n) is 5.69. The van der Waals surface area contributed by atoms with Gasteiger partial charge in [0.15, 0.2) is 5.03 Å². The Labute approximate surface area is 112 Å². The third-order valence-corrected chi connectivity index (χ3v) is 4.45. The summed E-state index contributed by atoms with van der Waals surface area (Å²) in [6, 6.07) is 0. The maximum absolute atomic E-state index is 12.4. The van der Waals surface area contributed by atoms with Gasteiger partial charge in [0, 0.05) is 32.9 Å². The van der Waals surface area contributed by atoms with Crippen molar-refractivity contribution in [1.29, 1.82) is 0 Å². The van der Waals surface area contributed by atoms with Gasteiger partial charge in [0.05, 0.1) is 26.0 Å². The van der Waals surface area contributed by atoms with Crippen molar-refractivity contribution in [2.24, 2.45) is 0 Å². The third-order valence-electron chi connectivity index (χ3n) is 2.54. The molecule has 0 aliphatic heterocycles. The van der Waals surface area contributed by atoms with Crippen molar-refractivity contribution < 1.29 is 23.0 Å². The molecule has 0 spiro atoms. The van der Waals surface area contributed by atoms with Gasteiger partial charge in [0.1, 0.15) is 0 Å². The first kappa shape index (κ1) is 16.1. The molecule has 0 aliphatic carbocycles. The largest absolute Gasteiger partial charge is 0.392 e. The Morgan fingerprint density at radius 2 is 1.89 bits per heavy atom. The van der Waals surface area contributed by atoms with Gasteiger partial charge in [0.2, 0.25) is 0 Å². The number of aromatic amines is 1. The molecular formula is C10H19N3O5S. The lowest BCUT2D eigenvalue weighted by molar-refractivity contribution is 0.150. The van der Waals surface area contributed by atoms with Crippen LogP contribution in [0.25, 0.3) is 0 Å². The van der Waals surface area contributed by atoms with Crippen LogP contribution in [0, 0.1) is 0 Å². The number of rotatable bonds is 9. The second kappa shape index (κ2) is 7.56. The fraction of sp³-hybridized carbons (Fsp3) is 0.700. The number of aromatic nitrogens is 2. The number of hydrogen-bond donors (Lipinski definition) is 2. The van der Waals surface area contributed by atoms with E-state index in [2.05, 4.69) is 10.2 Å². The van der Waals surface area contributed by atoms with E-state index in [4.69, 9.17) is 14.6 Å². The minimum Gasteiger partial charge on any atom is -0.392 e. The molecule has 0 amide bonds. The molecule has 19 heavy (non-hydrogen) atoms. The number of hydrogen-bond acceptors (Lipinski definition) is 6. The number of nitrogens with zero attached hydrogens (tertiary/aromatic N) is 2. The van der Waals surface area contributed by atoms with Crippen LogP contribution in [0.5, 0.6) is 0 Å². The van der Waals surface area contributed by atoms with E-state index in [0.717, 1.165) is 0 Å². The van der Waals surface area contributed by atoms with Crippen LogP contribution in [0.1, 0.15) is 5.56 Å². The summed E-state index contributed by atoms with van der Waals surface area (Å²) in [7, 11) is -0.757. The number of sulfonamides is 1. The Morgan fingerprint density at radius 1 is 1.32 bits per heavy atom. The molecule has 0 radical (unpaired) electrons. The van der Waals surface area contributed by atoms with Gasteiger partial charge in [-0.15, -0.1) is 0 Å². The summed E-state index contributed by atoms with van der Waals surface area (Å²) >= 11 is 0. The zero-order chi connectivity index (χ0) is 14.3. The number of nitrogens with one attached hydrogen (secondary N) is 1. The predicted octanol–water partition coefficient (Wildman–Crippen LogP) is -0.814. The van der Waals surface area contributed by atoms with Crippen molar-refractivity contribution in [3.05, 3.63) is 11.8 Å². The average molecular weight is 293 g/mol. The van der Waals surface area contributed by atoms with Crippen molar-refractivity contribution in [1.82, 2.24) is 14.5 Å². The lowest BCUT2D eigenvalue weighted by atomic mass is 10.4. The molecule has 0 atom stereocenters. The van der Waals surface area contributed by atoms with Gasteiger partial charge in [-0.1, -0.05) is 0 Å². The van der Waals surface area contributed by atoms with Crippen LogP contribution in [0.3, 0.4) is 0 Å². The molecule has 0 saturated heterocycles. The van der Waals surface area contributed by atoms with Crippen molar-refractivity contribution >= 4 is 10.0 Å². The lowest BCUT2D eigenvalue weighted by Crippen LogP contribution is -2.37. The van der Waals surface area contributed by atoms with E-state index in [0.29, 0.717) is 0 Å². The van der Waals surface area contributed by atoms with E-state index in [1.54, 1.807) is 0 Å². The topological polar surface area (TPSA) is 105 Å². The molecule has 9 heteroatoms. The Hall–Kier alpha value is -1.00. The molecule has 8 nitrogen and oxygen atoms in total. The molecule has 0 unspecified atom stereocenters. The number of aliphatic hydroxyl groups excluding tert-OH is 1. The maximum atomic E-state index is 12.4. The van der Waals surface area contributed by atoms with Gasteiger partial charge in [0.25, 0.3) is 10.0 Å². The van der Waals surface area contributed by atoms with Crippen molar-refractivity contribution in [3.63, 3.8) is 0 Å². The fourth-order valence-electron chi connectivity index (χ4n) is 1.50. The number of methoxy groups -OCH3 is 2. The minimum absolute atomic E-state index is 0.0952. The molecule has 2 N–H and O–H groups in total. The quantitative estimate of drug-likeness (QED) is 0.617. The van der Waals surface area contributed by atoms with Crippen molar-refractivity contribution in [2.75, 3.05) is 40.5 Å². The summed E-state index contributed by atoms with van der Waals surface area (Å²) in [4.78, 5) is 0. The van der Waals surface area contributed by atoms with Gasteiger partial charge in [-0.05, 0) is 0 Å². The number of aliphatic hydroxyl groups is 1. The zero-order valence-electron chi connectivity index (χ0n) is 11.0. The van der Waals surface area contributed by atoms with Crippen LogP contribution in [0.15, 0.2) is 11.2 Å². The highest BCUT2D eigenvalue weighted by Gasteiger charge is 2.28. The van der Waals surface area contributed by atoms with Crippen LogP contribution in [-0.4, -0.2) is 68.5 Å². The molecule has 1 aromatic heterocycles. The Kier molecular flexibility index (Phi) is 6.38. The third kappa shape index (κ3) is 3.98. The average Bonchev–Trinajstić information content (AvgIpc) is 2.87. The van der Waals surface area contributed by atoms with E-state index in [1.807, 2.05) is 0 Å². The van der Waals surface area contributed by atoms with E-state index < -0.39 is 16.6 Å². The molecule has 0 aromatic carbocycles. The summed E-state index contributed by atoms with van der Waals surface area (Å²) in [5, 5.41) is 15.1. The molecule has 0 fully saturated rings. The fourth-order valence-corrected chi connectivity index (χ4v) is 3.01. The summed E-state index contributed by atoms with van der Waals surface area (Å²) in [5.74, 6) is 0. The van der Waals surface area contributed by atoms with E-state index in [9.17, 15) is 8.42 Å². The lowest BCUT2D eigenvalue weighted by Gasteiger charge is -2.21. The van der Waals surface area contributed by atoms with Crippen LogP contribution < -0.4 is 0 Å². The highest BCUT2D eigenvalue weighted by Crippen LogP contribution is 2.17. The van der Waals surface area contributed by atoms with Crippen molar-refractivity contribution in [3.8, 4) is 0 Å². The first-order chi connectivity index (χ1) is 9.07. The second-order valence-corrected chi connectivity index (χ2v) is 5.65. The SMILES string of the molecule is COCCN(CCOC)S(=O)(=O)c1[nH]ncc1CO. The van der Waals surface area contributed by atoms with Gasteiger partial charge >= 0.3 is 0 Å². The van der Waals surface area contributed by atoms with Crippen LogP contribution in [0.2, 0.25) is 0 Å². The molecule has 110 valence electrons. The van der Waals surface area contributed by atoms with Gasteiger partial charge in [-0.3, -0.25) is 5.10 Å². The molecule has 1 aromatic rings. The number of H-pyrrole nitrogens is 1. The second-order valence-electron chi connectivity index (χ2n) is 3.77. The molecule has 1 heterocycles. The molecule has 0 aliphatic rings.